The number of fused-ring (bicyclic) bond motifs is 1. The number of hydrogen-bond acceptors (Lipinski definition) is 2. The Bertz CT molecular complexity index is 700. The summed E-state index contributed by atoms with van der Waals surface area (Å²) in [5, 5.41) is 6.15. The van der Waals surface area contributed by atoms with Crippen LogP contribution in [-0.2, 0) is 13.0 Å². The predicted molar refractivity (Wildman–Crippen MR) is 88.7 cm³/mol. The van der Waals surface area contributed by atoms with Gasteiger partial charge >= 0.3 is 0 Å². The number of halogens is 1. The van der Waals surface area contributed by atoms with Crippen LogP contribution < -0.4 is 5.32 Å². The molecule has 0 saturated carbocycles. The molecule has 0 atom stereocenters. The second kappa shape index (κ2) is 6.40. The molecule has 0 aliphatic rings. The van der Waals surface area contributed by atoms with Crippen molar-refractivity contribution in [1.82, 2.24) is 5.32 Å². The lowest BCUT2D eigenvalue weighted by Gasteiger charge is -2.07. The molecule has 102 valence electrons. The van der Waals surface area contributed by atoms with Crippen molar-refractivity contribution in [3.8, 4) is 0 Å². The van der Waals surface area contributed by atoms with Crippen LogP contribution in [0.4, 0.5) is 0 Å². The molecular formula is C17H16ClNS. The van der Waals surface area contributed by atoms with Crippen LogP contribution in [-0.4, -0.2) is 6.54 Å². The van der Waals surface area contributed by atoms with Gasteiger partial charge in [-0.05, 0) is 34.9 Å². The van der Waals surface area contributed by atoms with E-state index >= 15 is 0 Å². The third-order valence-corrected chi connectivity index (χ3v) is 4.66. The molecule has 1 nitrogen and oxygen atoms in total. The molecule has 0 bridgehead atoms. The molecular weight excluding hydrogens is 286 g/mol. The highest BCUT2D eigenvalue weighted by Gasteiger charge is 2.01. The molecule has 1 N–H and O–H groups in total. The molecule has 3 heteroatoms. The molecule has 0 unspecified atom stereocenters. The third-order valence-electron chi connectivity index (χ3n) is 3.37. The van der Waals surface area contributed by atoms with E-state index in [0.29, 0.717) is 0 Å². The Morgan fingerprint density at radius 1 is 0.950 bits per heavy atom. The Morgan fingerprint density at radius 2 is 1.80 bits per heavy atom. The van der Waals surface area contributed by atoms with Crippen molar-refractivity contribution in [3.05, 3.63) is 69.4 Å². The van der Waals surface area contributed by atoms with E-state index in [9.17, 15) is 0 Å². The van der Waals surface area contributed by atoms with Gasteiger partial charge in [-0.3, -0.25) is 0 Å². The van der Waals surface area contributed by atoms with Gasteiger partial charge < -0.3 is 5.32 Å². The summed E-state index contributed by atoms with van der Waals surface area (Å²) in [4.78, 5) is 1.33. The minimum absolute atomic E-state index is 0.869. The van der Waals surface area contributed by atoms with Crippen LogP contribution >= 0.6 is 22.9 Å². The molecule has 2 aromatic carbocycles. The van der Waals surface area contributed by atoms with Gasteiger partial charge in [-0.2, -0.15) is 0 Å². The molecule has 0 fully saturated rings. The molecule has 1 heterocycles. The lowest BCUT2D eigenvalue weighted by molar-refractivity contribution is 0.693. The van der Waals surface area contributed by atoms with E-state index in [-0.39, 0.29) is 0 Å². The summed E-state index contributed by atoms with van der Waals surface area (Å²) >= 11 is 7.59. The van der Waals surface area contributed by atoms with Crippen molar-refractivity contribution in [2.75, 3.05) is 6.54 Å². The number of rotatable bonds is 5. The molecule has 0 aliphatic carbocycles. The summed E-state index contributed by atoms with van der Waals surface area (Å²) in [6, 6.07) is 19.1. The van der Waals surface area contributed by atoms with Gasteiger partial charge in [0.05, 0.1) is 4.34 Å². The van der Waals surface area contributed by atoms with Gasteiger partial charge in [-0.1, -0.05) is 54.1 Å². The highest BCUT2D eigenvalue weighted by molar-refractivity contribution is 7.16. The van der Waals surface area contributed by atoms with E-state index in [1.807, 2.05) is 6.07 Å². The summed E-state index contributed by atoms with van der Waals surface area (Å²) < 4.78 is 0.869. The molecule has 0 radical (unpaired) electrons. The van der Waals surface area contributed by atoms with E-state index in [1.54, 1.807) is 11.3 Å². The minimum Gasteiger partial charge on any atom is -0.312 e. The Labute approximate surface area is 128 Å². The molecule has 1 aromatic heterocycles. The number of benzene rings is 2. The summed E-state index contributed by atoms with van der Waals surface area (Å²) in [6.45, 7) is 1.88. The fourth-order valence-electron chi connectivity index (χ4n) is 2.37. The largest absolute Gasteiger partial charge is 0.312 e. The van der Waals surface area contributed by atoms with E-state index in [2.05, 4.69) is 53.8 Å². The Hall–Kier alpha value is -1.35. The first-order chi connectivity index (χ1) is 9.83. The normalized spacial score (nSPS) is 11.1. The van der Waals surface area contributed by atoms with Gasteiger partial charge in [0.15, 0.2) is 0 Å². The van der Waals surface area contributed by atoms with Crippen LogP contribution in [0.3, 0.4) is 0 Å². The number of nitrogens with one attached hydrogen (secondary N) is 1. The third kappa shape index (κ3) is 3.21. The minimum atomic E-state index is 0.869. The molecule has 0 amide bonds. The van der Waals surface area contributed by atoms with Gasteiger partial charge in [-0.15, -0.1) is 11.3 Å². The zero-order chi connectivity index (χ0) is 13.8. The quantitative estimate of drug-likeness (QED) is 0.662. The Kier molecular flexibility index (Phi) is 4.36. The van der Waals surface area contributed by atoms with Crippen molar-refractivity contribution >= 4 is 33.7 Å². The Morgan fingerprint density at radius 3 is 2.65 bits per heavy atom. The fourth-order valence-corrected chi connectivity index (χ4v) is 3.45. The molecule has 0 spiro atoms. The zero-order valence-corrected chi connectivity index (χ0v) is 12.7. The smallest absolute Gasteiger partial charge is 0.0931 e. The van der Waals surface area contributed by atoms with E-state index < -0.39 is 0 Å². The van der Waals surface area contributed by atoms with Crippen molar-refractivity contribution in [3.63, 3.8) is 0 Å². The van der Waals surface area contributed by atoms with Crippen molar-refractivity contribution < 1.29 is 0 Å². The molecule has 20 heavy (non-hydrogen) atoms. The van der Waals surface area contributed by atoms with Gasteiger partial charge in [0, 0.05) is 18.0 Å². The number of thiophene rings is 1. The second-order valence-electron chi connectivity index (χ2n) is 4.77. The molecule has 0 saturated heterocycles. The highest BCUT2D eigenvalue weighted by atomic mass is 35.5. The maximum atomic E-state index is 5.93. The molecule has 3 aromatic rings. The summed E-state index contributed by atoms with van der Waals surface area (Å²) in [6.07, 6.45) is 1.03. The highest BCUT2D eigenvalue weighted by Crippen LogP contribution is 2.21. The fraction of sp³-hybridized carbons (Fsp3) is 0.176. The van der Waals surface area contributed by atoms with Crippen molar-refractivity contribution in [2.24, 2.45) is 0 Å². The van der Waals surface area contributed by atoms with Crippen molar-refractivity contribution in [2.45, 2.75) is 13.0 Å². The maximum absolute atomic E-state index is 5.93. The first-order valence-corrected chi connectivity index (χ1v) is 7.94. The lowest BCUT2D eigenvalue weighted by Crippen LogP contribution is -2.16. The monoisotopic (exact) mass is 301 g/mol. The zero-order valence-electron chi connectivity index (χ0n) is 11.1. The average molecular weight is 302 g/mol. The molecule has 0 aliphatic heterocycles. The van der Waals surface area contributed by atoms with Crippen LogP contribution in [0.1, 0.15) is 10.4 Å². The second-order valence-corrected chi connectivity index (χ2v) is 6.57. The maximum Gasteiger partial charge on any atom is 0.0931 e. The van der Waals surface area contributed by atoms with Crippen LogP contribution in [0.2, 0.25) is 4.34 Å². The first-order valence-electron chi connectivity index (χ1n) is 6.74. The van der Waals surface area contributed by atoms with E-state index in [0.717, 1.165) is 23.8 Å². The summed E-state index contributed by atoms with van der Waals surface area (Å²) in [7, 11) is 0. The SMILES string of the molecule is Clc1ccc(CCNCc2cccc3ccccc23)s1. The van der Waals surface area contributed by atoms with Gasteiger partial charge in [0.25, 0.3) is 0 Å². The van der Waals surface area contributed by atoms with E-state index in [4.69, 9.17) is 11.6 Å². The predicted octanol–water partition coefficient (Wildman–Crippen LogP) is 4.89. The van der Waals surface area contributed by atoms with Gasteiger partial charge in [0.2, 0.25) is 0 Å². The Balaban J connectivity index is 1.60. The van der Waals surface area contributed by atoms with E-state index in [1.165, 1.54) is 21.2 Å². The number of hydrogen-bond donors (Lipinski definition) is 1. The van der Waals surface area contributed by atoms with Gasteiger partial charge in [0.1, 0.15) is 0 Å². The van der Waals surface area contributed by atoms with Crippen LogP contribution in [0.5, 0.6) is 0 Å². The van der Waals surface area contributed by atoms with Crippen molar-refractivity contribution in [1.29, 1.82) is 0 Å². The molecule has 3 rings (SSSR count). The average Bonchev–Trinajstić information content (AvgIpc) is 2.89. The lowest BCUT2D eigenvalue weighted by atomic mass is 10.0. The van der Waals surface area contributed by atoms with Crippen LogP contribution in [0, 0.1) is 0 Å². The summed E-state index contributed by atoms with van der Waals surface area (Å²) in [5.41, 5.74) is 1.35. The topological polar surface area (TPSA) is 12.0 Å². The standard InChI is InChI=1S/C17H16ClNS/c18-17-9-8-15(20-17)10-11-19-12-14-6-3-5-13-4-1-2-7-16(13)14/h1-9,19H,10-12H2. The van der Waals surface area contributed by atoms with Crippen LogP contribution in [0.25, 0.3) is 10.8 Å². The van der Waals surface area contributed by atoms with Gasteiger partial charge in [-0.25, -0.2) is 0 Å². The summed E-state index contributed by atoms with van der Waals surface area (Å²) in [5.74, 6) is 0. The van der Waals surface area contributed by atoms with Crippen LogP contribution in [0.15, 0.2) is 54.6 Å². The first kappa shape index (κ1) is 13.6.